The lowest BCUT2D eigenvalue weighted by Gasteiger charge is -2.33. The first-order valence-electron chi connectivity index (χ1n) is 9.43. The van der Waals surface area contributed by atoms with Crippen molar-refractivity contribution in [2.75, 3.05) is 25.3 Å². The summed E-state index contributed by atoms with van der Waals surface area (Å²) in [6, 6.07) is 1.85. The summed E-state index contributed by atoms with van der Waals surface area (Å²) in [7, 11) is -1.71. The summed E-state index contributed by atoms with van der Waals surface area (Å²) >= 11 is 0. The summed E-state index contributed by atoms with van der Waals surface area (Å²) < 4.78 is 39.8. The molecule has 2 aromatic rings. The van der Waals surface area contributed by atoms with Gasteiger partial charge in [0.15, 0.2) is 9.84 Å². The minimum Gasteiger partial charge on any atom is -0.477 e. The number of aryl methyl sites for hydroxylation is 2. The molecule has 2 aliphatic rings. The van der Waals surface area contributed by atoms with E-state index in [0.717, 1.165) is 16.5 Å². The molecule has 3 heterocycles. The number of carbonyl (C=O) groups excluding carboxylic acids is 1. The molecule has 4 rings (SSSR count). The number of methoxy groups -OCH3 is 1. The fourth-order valence-electron chi connectivity index (χ4n) is 4.18. The summed E-state index contributed by atoms with van der Waals surface area (Å²) in [5.41, 5.74) is 2.47. The maximum atomic E-state index is 12.4. The number of benzene rings is 1. The monoisotopic (exact) mass is 421 g/mol. The smallest absolute Gasteiger partial charge is 0.340 e. The Morgan fingerprint density at radius 2 is 2.07 bits per heavy atom. The first-order valence-corrected chi connectivity index (χ1v) is 11.2. The van der Waals surface area contributed by atoms with Crippen LogP contribution in [-0.4, -0.2) is 50.7 Å². The molecule has 0 radical (unpaired) electrons. The van der Waals surface area contributed by atoms with Crippen LogP contribution in [0.25, 0.3) is 11.0 Å². The lowest BCUT2D eigenvalue weighted by molar-refractivity contribution is -0.139. The van der Waals surface area contributed by atoms with E-state index in [2.05, 4.69) is 4.74 Å². The van der Waals surface area contributed by atoms with Crippen LogP contribution < -0.4 is 10.4 Å². The molecular formula is C20H23NO7S. The third kappa shape index (κ3) is 3.53. The lowest BCUT2D eigenvalue weighted by Crippen LogP contribution is -2.41. The third-order valence-corrected chi connectivity index (χ3v) is 7.61. The zero-order valence-corrected chi connectivity index (χ0v) is 17.4. The Morgan fingerprint density at radius 3 is 2.72 bits per heavy atom. The summed E-state index contributed by atoms with van der Waals surface area (Å²) in [5, 5.41) is 0.740. The van der Waals surface area contributed by atoms with Gasteiger partial charge in [-0.05, 0) is 31.9 Å². The molecule has 29 heavy (non-hydrogen) atoms. The van der Waals surface area contributed by atoms with Crippen LogP contribution in [0.3, 0.4) is 0 Å². The van der Waals surface area contributed by atoms with Gasteiger partial charge in [-0.15, -0.1) is 0 Å². The lowest BCUT2D eigenvalue weighted by atomic mass is 9.97. The fourth-order valence-corrected chi connectivity index (χ4v) is 5.94. The molecule has 0 bridgehead atoms. The number of fused-ring (bicyclic) bond motifs is 2. The van der Waals surface area contributed by atoms with E-state index in [4.69, 9.17) is 9.15 Å². The van der Waals surface area contributed by atoms with Gasteiger partial charge in [0.1, 0.15) is 18.1 Å². The molecule has 1 fully saturated rings. The van der Waals surface area contributed by atoms with E-state index < -0.39 is 21.4 Å². The molecule has 0 amide bonds. The van der Waals surface area contributed by atoms with Gasteiger partial charge in [0.2, 0.25) is 0 Å². The van der Waals surface area contributed by atoms with Gasteiger partial charge in [-0.2, -0.15) is 0 Å². The molecule has 1 aromatic carbocycles. The molecule has 9 heteroatoms. The second kappa shape index (κ2) is 7.14. The molecule has 0 spiro atoms. The maximum Gasteiger partial charge on any atom is 0.340 e. The van der Waals surface area contributed by atoms with Crippen LogP contribution in [0.1, 0.15) is 28.7 Å². The Balaban J connectivity index is 1.76. The number of ether oxygens (including phenoxy) is 2. The summed E-state index contributed by atoms with van der Waals surface area (Å²) in [6.07, 6.45) is 0.448. The molecule has 2 aliphatic heterocycles. The number of hydrogen-bond donors (Lipinski definition) is 0. The molecule has 8 nitrogen and oxygen atoms in total. The summed E-state index contributed by atoms with van der Waals surface area (Å²) in [5.74, 6) is 0.512. The van der Waals surface area contributed by atoms with Crippen LogP contribution >= 0.6 is 0 Å². The predicted octanol–water partition coefficient (Wildman–Crippen LogP) is 1.46. The van der Waals surface area contributed by atoms with E-state index >= 15 is 0 Å². The highest BCUT2D eigenvalue weighted by atomic mass is 32.2. The summed E-state index contributed by atoms with van der Waals surface area (Å²) in [6.45, 7) is 4.47. The molecular weight excluding hydrogens is 398 g/mol. The second-order valence-corrected chi connectivity index (χ2v) is 9.92. The van der Waals surface area contributed by atoms with E-state index in [1.54, 1.807) is 6.92 Å². The highest BCUT2D eigenvalue weighted by Gasteiger charge is 2.35. The van der Waals surface area contributed by atoms with Gasteiger partial charge in [0.05, 0.1) is 30.6 Å². The van der Waals surface area contributed by atoms with Crippen LogP contribution in [0, 0.1) is 13.8 Å². The Kier molecular flexibility index (Phi) is 4.90. The molecule has 0 aliphatic carbocycles. The van der Waals surface area contributed by atoms with Crippen molar-refractivity contribution in [3.05, 3.63) is 38.7 Å². The normalized spacial score (nSPS) is 21.0. The molecule has 1 aromatic heterocycles. The molecule has 0 N–H and O–H groups in total. The van der Waals surface area contributed by atoms with E-state index in [0.29, 0.717) is 36.6 Å². The number of carbonyl (C=O) groups is 1. The van der Waals surface area contributed by atoms with Crippen molar-refractivity contribution in [1.29, 1.82) is 0 Å². The van der Waals surface area contributed by atoms with Crippen molar-refractivity contribution in [3.8, 4) is 5.75 Å². The van der Waals surface area contributed by atoms with E-state index in [-0.39, 0.29) is 29.5 Å². The Hall–Kier alpha value is -2.39. The molecule has 1 saturated heterocycles. The second-order valence-electron chi connectivity index (χ2n) is 7.69. The van der Waals surface area contributed by atoms with Crippen molar-refractivity contribution in [2.24, 2.45) is 0 Å². The number of esters is 1. The number of sulfone groups is 1. The SMILES string of the molecule is COC(=O)Cc1c(C)c2cc3c(c(C)c2oc1=O)OCN([C@H]1CCS(=O)(=O)C1)C3. The topological polar surface area (TPSA) is 103 Å². The van der Waals surface area contributed by atoms with Crippen molar-refractivity contribution in [3.63, 3.8) is 0 Å². The zero-order valence-electron chi connectivity index (χ0n) is 16.6. The summed E-state index contributed by atoms with van der Waals surface area (Å²) in [4.78, 5) is 26.1. The number of rotatable bonds is 3. The van der Waals surface area contributed by atoms with E-state index in [9.17, 15) is 18.0 Å². The highest BCUT2D eigenvalue weighted by molar-refractivity contribution is 7.91. The van der Waals surface area contributed by atoms with Crippen LogP contribution in [0.5, 0.6) is 5.75 Å². The highest BCUT2D eigenvalue weighted by Crippen LogP contribution is 2.37. The standard InChI is InChI=1S/C20H23NO7S/c1-11-15-6-13-8-21(14-4-5-29(24,25)9-14)10-27-18(13)12(2)19(15)28-20(23)16(11)7-17(22)26-3/h6,14H,4-5,7-10H2,1-3H3/t14-/m0/s1. The van der Waals surface area contributed by atoms with Gasteiger partial charge in [0, 0.05) is 29.1 Å². The number of nitrogens with zero attached hydrogens (tertiary/aromatic N) is 1. The molecule has 156 valence electrons. The molecule has 0 saturated carbocycles. The van der Waals surface area contributed by atoms with Gasteiger partial charge in [-0.25, -0.2) is 13.2 Å². The Labute approximate surface area is 168 Å². The van der Waals surface area contributed by atoms with Crippen molar-refractivity contribution in [2.45, 2.75) is 39.3 Å². The quantitative estimate of drug-likeness (QED) is 0.542. The van der Waals surface area contributed by atoms with Gasteiger partial charge in [-0.1, -0.05) is 0 Å². The van der Waals surface area contributed by atoms with Crippen molar-refractivity contribution in [1.82, 2.24) is 4.90 Å². The first-order chi connectivity index (χ1) is 13.7. The Morgan fingerprint density at radius 1 is 1.31 bits per heavy atom. The van der Waals surface area contributed by atoms with Gasteiger partial charge in [-0.3, -0.25) is 9.69 Å². The minimum atomic E-state index is -2.99. The maximum absolute atomic E-state index is 12.4. The average molecular weight is 421 g/mol. The Bertz CT molecular complexity index is 1170. The van der Waals surface area contributed by atoms with Crippen LogP contribution in [0.4, 0.5) is 0 Å². The van der Waals surface area contributed by atoms with Crippen molar-refractivity contribution < 1.29 is 27.1 Å². The zero-order chi connectivity index (χ0) is 20.9. The number of hydrogen-bond acceptors (Lipinski definition) is 8. The van der Waals surface area contributed by atoms with Crippen LogP contribution in [0.15, 0.2) is 15.3 Å². The largest absolute Gasteiger partial charge is 0.477 e. The van der Waals surface area contributed by atoms with Crippen molar-refractivity contribution >= 4 is 26.8 Å². The average Bonchev–Trinajstić information content (AvgIpc) is 3.05. The van der Waals surface area contributed by atoms with Crippen LogP contribution in [-0.2, 0) is 32.3 Å². The first kappa shape index (κ1) is 19.9. The van der Waals surface area contributed by atoms with Gasteiger partial charge >= 0.3 is 11.6 Å². The molecule has 1 atom stereocenters. The predicted molar refractivity (Wildman–Crippen MR) is 106 cm³/mol. The van der Waals surface area contributed by atoms with Gasteiger partial charge < -0.3 is 13.9 Å². The third-order valence-electron chi connectivity index (χ3n) is 5.86. The molecule has 0 unspecified atom stereocenters. The van der Waals surface area contributed by atoms with Gasteiger partial charge in [0.25, 0.3) is 0 Å². The minimum absolute atomic E-state index is 0.0613. The van der Waals surface area contributed by atoms with Crippen LogP contribution in [0.2, 0.25) is 0 Å². The van der Waals surface area contributed by atoms with E-state index in [1.165, 1.54) is 7.11 Å². The van der Waals surface area contributed by atoms with E-state index in [1.807, 2.05) is 17.9 Å². The fraction of sp³-hybridized carbons (Fsp3) is 0.500.